The maximum absolute atomic E-state index is 12.6. The van der Waals surface area contributed by atoms with E-state index in [1.54, 1.807) is 0 Å². The van der Waals surface area contributed by atoms with Crippen molar-refractivity contribution in [1.82, 2.24) is 5.32 Å². The summed E-state index contributed by atoms with van der Waals surface area (Å²) in [6.45, 7) is 1.18. The highest BCUT2D eigenvalue weighted by Crippen LogP contribution is 2.41. The third-order valence-corrected chi connectivity index (χ3v) is 6.01. The van der Waals surface area contributed by atoms with Crippen LogP contribution in [-0.4, -0.2) is 18.5 Å². The third kappa shape index (κ3) is 4.92. The van der Waals surface area contributed by atoms with Crippen molar-refractivity contribution in [2.75, 3.05) is 11.9 Å². The van der Waals surface area contributed by atoms with Gasteiger partial charge in [-0.2, -0.15) is 0 Å². The largest absolute Gasteiger partial charge is 0.322 e. The van der Waals surface area contributed by atoms with Crippen LogP contribution in [0, 0.1) is 5.92 Å². The maximum atomic E-state index is 12.6. The molecule has 2 saturated carbocycles. The summed E-state index contributed by atoms with van der Waals surface area (Å²) in [7, 11) is 0. The van der Waals surface area contributed by atoms with Crippen molar-refractivity contribution in [1.29, 1.82) is 0 Å². The van der Waals surface area contributed by atoms with Gasteiger partial charge >= 0.3 is 0 Å². The van der Waals surface area contributed by atoms with E-state index < -0.39 is 0 Å². The number of benzene rings is 3. The van der Waals surface area contributed by atoms with Crippen LogP contribution in [-0.2, 0) is 0 Å². The molecule has 2 aliphatic carbocycles. The van der Waals surface area contributed by atoms with E-state index in [2.05, 4.69) is 34.9 Å². The first-order chi connectivity index (χ1) is 14.3. The second-order valence-corrected chi connectivity index (χ2v) is 8.32. The quantitative estimate of drug-likeness (QED) is 0.502. The second-order valence-electron chi connectivity index (χ2n) is 8.32. The Bertz CT molecular complexity index is 982. The van der Waals surface area contributed by atoms with E-state index >= 15 is 0 Å². The molecule has 0 aromatic heterocycles. The second kappa shape index (κ2) is 9.03. The summed E-state index contributed by atoms with van der Waals surface area (Å²) in [4.78, 5) is 12.6. The zero-order valence-corrected chi connectivity index (χ0v) is 17.7. The van der Waals surface area contributed by atoms with E-state index in [9.17, 15) is 4.79 Å². The van der Waals surface area contributed by atoms with Gasteiger partial charge in [-0.3, -0.25) is 4.79 Å². The molecule has 2 N–H and O–H groups in total. The van der Waals surface area contributed by atoms with Crippen molar-refractivity contribution in [3.05, 3.63) is 90.0 Å². The van der Waals surface area contributed by atoms with Crippen LogP contribution in [0.5, 0.6) is 0 Å². The predicted molar refractivity (Wildman–Crippen MR) is 125 cm³/mol. The smallest absolute Gasteiger partial charge is 0.255 e. The van der Waals surface area contributed by atoms with Gasteiger partial charge in [0.2, 0.25) is 0 Å². The van der Waals surface area contributed by atoms with E-state index in [-0.39, 0.29) is 18.3 Å². The first-order valence-corrected chi connectivity index (χ1v) is 10.6. The SMILES string of the molecule is Cl.O=C(Nc1ccc(C2CC2NCC2CC2)cc1)c1ccc(-c2ccccc2)cc1. The minimum absolute atomic E-state index is 0. The van der Waals surface area contributed by atoms with Crippen LogP contribution in [0.4, 0.5) is 5.69 Å². The summed E-state index contributed by atoms with van der Waals surface area (Å²) in [5, 5.41) is 6.69. The van der Waals surface area contributed by atoms with Gasteiger partial charge in [0.25, 0.3) is 5.91 Å². The lowest BCUT2D eigenvalue weighted by Gasteiger charge is -2.08. The Morgan fingerprint density at radius 2 is 1.50 bits per heavy atom. The fraction of sp³-hybridized carbons (Fsp3) is 0.269. The Kier molecular flexibility index (Phi) is 6.21. The average Bonchev–Trinajstić information content (AvgIpc) is 3.69. The van der Waals surface area contributed by atoms with Crippen LogP contribution < -0.4 is 10.6 Å². The van der Waals surface area contributed by atoms with Gasteiger partial charge in [0.1, 0.15) is 0 Å². The van der Waals surface area contributed by atoms with Gasteiger partial charge in [-0.15, -0.1) is 12.4 Å². The first-order valence-electron chi connectivity index (χ1n) is 10.6. The van der Waals surface area contributed by atoms with Crippen molar-refractivity contribution < 1.29 is 4.79 Å². The van der Waals surface area contributed by atoms with E-state index in [1.165, 1.54) is 31.4 Å². The Hall–Kier alpha value is -2.62. The summed E-state index contributed by atoms with van der Waals surface area (Å²) in [6.07, 6.45) is 4.02. The zero-order valence-electron chi connectivity index (χ0n) is 16.9. The lowest BCUT2D eigenvalue weighted by Crippen LogP contribution is -2.20. The van der Waals surface area contributed by atoms with Crippen molar-refractivity contribution >= 4 is 24.0 Å². The van der Waals surface area contributed by atoms with Gasteiger partial charge in [0, 0.05) is 23.2 Å². The molecule has 5 rings (SSSR count). The molecule has 0 aliphatic heterocycles. The Labute approximate surface area is 184 Å². The number of hydrogen-bond acceptors (Lipinski definition) is 2. The molecule has 0 saturated heterocycles. The molecule has 0 radical (unpaired) electrons. The van der Waals surface area contributed by atoms with E-state index in [1.807, 2.05) is 54.6 Å². The number of hydrogen-bond donors (Lipinski definition) is 2. The number of carbonyl (C=O) groups is 1. The van der Waals surface area contributed by atoms with Crippen LogP contribution in [0.15, 0.2) is 78.9 Å². The molecule has 0 heterocycles. The maximum Gasteiger partial charge on any atom is 0.255 e. The molecular weight excluding hydrogens is 392 g/mol. The van der Waals surface area contributed by atoms with Crippen molar-refractivity contribution in [2.45, 2.75) is 31.2 Å². The summed E-state index contributed by atoms with van der Waals surface area (Å²) >= 11 is 0. The highest BCUT2D eigenvalue weighted by atomic mass is 35.5. The van der Waals surface area contributed by atoms with E-state index in [4.69, 9.17) is 0 Å². The van der Waals surface area contributed by atoms with Crippen LogP contribution >= 0.6 is 12.4 Å². The molecule has 2 fully saturated rings. The number of amides is 1. The molecule has 2 aliphatic rings. The van der Waals surface area contributed by atoms with E-state index in [0.717, 1.165) is 22.7 Å². The van der Waals surface area contributed by atoms with Gasteiger partial charge in [0.05, 0.1) is 0 Å². The average molecular weight is 419 g/mol. The molecule has 2 unspecified atom stereocenters. The molecule has 154 valence electrons. The Morgan fingerprint density at radius 1 is 0.833 bits per heavy atom. The Morgan fingerprint density at radius 3 is 2.17 bits per heavy atom. The normalized spacial score (nSPS) is 19.6. The number of rotatable bonds is 7. The number of anilines is 1. The highest BCUT2D eigenvalue weighted by Gasteiger charge is 2.38. The number of halogens is 1. The first kappa shape index (κ1) is 20.6. The summed E-state index contributed by atoms with van der Waals surface area (Å²) in [5.74, 6) is 1.48. The monoisotopic (exact) mass is 418 g/mol. The Balaban J connectivity index is 0.00000218. The summed E-state index contributed by atoms with van der Waals surface area (Å²) in [6, 6.07) is 26.9. The molecule has 1 amide bonds. The molecule has 2 atom stereocenters. The van der Waals surface area contributed by atoms with Gasteiger partial charge in [-0.25, -0.2) is 0 Å². The van der Waals surface area contributed by atoms with Gasteiger partial charge < -0.3 is 10.6 Å². The van der Waals surface area contributed by atoms with Gasteiger partial charge in [-0.1, -0.05) is 54.6 Å². The predicted octanol–water partition coefficient (Wildman–Crippen LogP) is 5.88. The standard InChI is InChI=1S/C26H26N2O.ClH/c29-26(22-10-8-20(9-11-22)19-4-2-1-3-5-19)28-23-14-12-21(13-15-23)24-16-25(24)27-17-18-6-7-18;/h1-5,8-15,18,24-25,27H,6-7,16-17H2,(H,28,29);1H. The molecule has 3 nitrogen and oxygen atoms in total. The zero-order chi connectivity index (χ0) is 19.6. The molecule has 3 aromatic rings. The number of carbonyl (C=O) groups excluding carboxylic acids is 1. The lowest BCUT2D eigenvalue weighted by atomic mass is 10.0. The van der Waals surface area contributed by atoms with Crippen LogP contribution in [0.25, 0.3) is 11.1 Å². The van der Waals surface area contributed by atoms with E-state index in [0.29, 0.717) is 17.5 Å². The van der Waals surface area contributed by atoms with Crippen molar-refractivity contribution in [3.63, 3.8) is 0 Å². The lowest BCUT2D eigenvalue weighted by molar-refractivity contribution is 0.102. The molecule has 3 aromatic carbocycles. The highest BCUT2D eigenvalue weighted by molar-refractivity contribution is 6.04. The fourth-order valence-electron chi connectivity index (χ4n) is 3.89. The van der Waals surface area contributed by atoms with Crippen LogP contribution in [0.3, 0.4) is 0 Å². The summed E-state index contributed by atoms with van der Waals surface area (Å²) < 4.78 is 0. The van der Waals surface area contributed by atoms with Crippen molar-refractivity contribution in [3.8, 4) is 11.1 Å². The molecular formula is C26H27ClN2O. The van der Waals surface area contributed by atoms with Gasteiger partial charge in [0.15, 0.2) is 0 Å². The van der Waals surface area contributed by atoms with Crippen LogP contribution in [0.1, 0.15) is 41.1 Å². The topological polar surface area (TPSA) is 41.1 Å². The molecule has 4 heteroatoms. The van der Waals surface area contributed by atoms with Gasteiger partial charge in [-0.05, 0) is 72.7 Å². The van der Waals surface area contributed by atoms with Crippen molar-refractivity contribution in [2.24, 2.45) is 5.92 Å². The fourth-order valence-corrected chi connectivity index (χ4v) is 3.89. The minimum Gasteiger partial charge on any atom is -0.322 e. The number of nitrogens with one attached hydrogen (secondary N) is 2. The molecule has 0 spiro atoms. The third-order valence-electron chi connectivity index (χ3n) is 6.01. The minimum atomic E-state index is -0.0761. The molecule has 0 bridgehead atoms. The summed E-state index contributed by atoms with van der Waals surface area (Å²) in [5.41, 5.74) is 5.14. The van der Waals surface area contributed by atoms with Crippen LogP contribution in [0.2, 0.25) is 0 Å². The molecule has 30 heavy (non-hydrogen) atoms.